The van der Waals surface area contributed by atoms with Crippen LogP contribution in [0.4, 0.5) is 0 Å². The standard InChI is InChI=1S/C11H11ClO/c1-2-8-5-10(12)6-9-7-13-4-3-11(8)9/h2,5-6H,1,3-4,7H2. The number of ether oxygens (including phenoxy) is 1. The lowest BCUT2D eigenvalue weighted by Gasteiger charge is -2.18. The van der Waals surface area contributed by atoms with Crippen LogP contribution in [0.5, 0.6) is 0 Å². The zero-order chi connectivity index (χ0) is 9.26. The van der Waals surface area contributed by atoms with E-state index < -0.39 is 0 Å². The average Bonchev–Trinajstić information content (AvgIpc) is 2.16. The number of fused-ring (bicyclic) bond motifs is 1. The van der Waals surface area contributed by atoms with Crippen molar-refractivity contribution in [3.05, 3.63) is 40.4 Å². The van der Waals surface area contributed by atoms with Crippen LogP contribution in [0.25, 0.3) is 6.08 Å². The summed E-state index contributed by atoms with van der Waals surface area (Å²) in [5, 5.41) is 0.763. The predicted molar refractivity (Wildman–Crippen MR) is 54.9 cm³/mol. The topological polar surface area (TPSA) is 9.23 Å². The summed E-state index contributed by atoms with van der Waals surface area (Å²) in [6.07, 6.45) is 2.82. The van der Waals surface area contributed by atoms with Crippen LogP contribution in [0, 0.1) is 0 Å². The van der Waals surface area contributed by atoms with Crippen LogP contribution in [0.3, 0.4) is 0 Å². The molecule has 0 saturated heterocycles. The molecule has 0 fully saturated rings. The summed E-state index contributed by atoms with van der Waals surface area (Å²) in [7, 11) is 0. The molecule has 0 atom stereocenters. The van der Waals surface area contributed by atoms with Crippen LogP contribution in [0.2, 0.25) is 5.02 Å². The van der Waals surface area contributed by atoms with Gasteiger partial charge in [0.05, 0.1) is 13.2 Å². The molecule has 2 heteroatoms. The molecule has 0 amide bonds. The normalized spacial score (nSPS) is 15.2. The lowest BCUT2D eigenvalue weighted by Crippen LogP contribution is -2.11. The second-order valence-corrected chi connectivity index (χ2v) is 3.58. The molecule has 68 valence electrons. The van der Waals surface area contributed by atoms with Gasteiger partial charge in [-0.25, -0.2) is 0 Å². The van der Waals surface area contributed by atoms with Crippen molar-refractivity contribution in [3.63, 3.8) is 0 Å². The first kappa shape index (κ1) is 8.79. The molecule has 0 spiro atoms. The van der Waals surface area contributed by atoms with Crippen LogP contribution in [0.15, 0.2) is 18.7 Å². The van der Waals surface area contributed by atoms with Gasteiger partial charge < -0.3 is 4.74 Å². The minimum Gasteiger partial charge on any atom is -0.376 e. The molecule has 13 heavy (non-hydrogen) atoms. The highest BCUT2D eigenvalue weighted by Crippen LogP contribution is 2.25. The number of halogens is 1. The van der Waals surface area contributed by atoms with Gasteiger partial charge in [0.1, 0.15) is 0 Å². The Balaban J connectivity index is 2.56. The summed E-state index contributed by atoms with van der Waals surface area (Å²) in [5.41, 5.74) is 3.69. The van der Waals surface area contributed by atoms with Gasteiger partial charge in [-0.15, -0.1) is 0 Å². The van der Waals surface area contributed by atoms with Gasteiger partial charge in [0.25, 0.3) is 0 Å². The predicted octanol–water partition coefficient (Wildman–Crippen LogP) is 3.06. The quantitative estimate of drug-likeness (QED) is 0.668. The van der Waals surface area contributed by atoms with Gasteiger partial charge in [0.15, 0.2) is 0 Å². The van der Waals surface area contributed by atoms with E-state index >= 15 is 0 Å². The van der Waals surface area contributed by atoms with E-state index in [0.717, 1.165) is 23.6 Å². The molecule has 1 nitrogen and oxygen atoms in total. The summed E-state index contributed by atoms with van der Waals surface area (Å²) in [6.45, 7) is 5.26. The molecule has 0 radical (unpaired) electrons. The third-order valence-corrected chi connectivity index (χ3v) is 2.53. The Bertz CT molecular complexity index is 344. The maximum Gasteiger partial charge on any atom is 0.0720 e. The molecule has 0 N–H and O–H groups in total. The van der Waals surface area contributed by atoms with E-state index in [1.165, 1.54) is 11.1 Å². The third-order valence-electron chi connectivity index (χ3n) is 2.32. The van der Waals surface area contributed by atoms with Crippen molar-refractivity contribution < 1.29 is 4.74 Å². The summed E-state index contributed by atoms with van der Waals surface area (Å²) < 4.78 is 5.36. The fourth-order valence-corrected chi connectivity index (χ4v) is 1.94. The molecule has 0 saturated carbocycles. The van der Waals surface area contributed by atoms with Gasteiger partial charge in [-0.3, -0.25) is 0 Å². The van der Waals surface area contributed by atoms with Gasteiger partial charge >= 0.3 is 0 Å². The summed E-state index contributed by atoms with van der Waals surface area (Å²) in [6, 6.07) is 3.93. The lowest BCUT2D eigenvalue weighted by molar-refractivity contribution is 0.110. The molecule has 0 unspecified atom stereocenters. The monoisotopic (exact) mass is 194 g/mol. The number of hydrogen-bond acceptors (Lipinski definition) is 1. The van der Waals surface area contributed by atoms with E-state index in [4.69, 9.17) is 16.3 Å². The van der Waals surface area contributed by atoms with E-state index in [-0.39, 0.29) is 0 Å². The Hall–Kier alpha value is -0.790. The smallest absolute Gasteiger partial charge is 0.0720 e. The summed E-state index contributed by atoms with van der Waals surface area (Å²) in [5.74, 6) is 0. The van der Waals surface area contributed by atoms with Crippen molar-refractivity contribution in [2.24, 2.45) is 0 Å². The van der Waals surface area contributed by atoms with Crippen molar-refractivity contribution in [3.8, 4) is 0 Å². The van der Waals surface area contributed by atoms with Gasteiger partial charge in [-0.1, -0.05) is 24.3 Å². The highest BCUT2D eigenvalue weighted by atomic mass is 35.5. The molecule has 1 aromatic carbocycles. The Morgan fingerprint density at radius 3 is 3.08 bits per heavy atom. The first-order valence-electron chi connectivity index (χ1n) is 4.33. The second kappa shape index (κ2) is 3.52. The molecular weight excluding hydrogens is 184 g/mol. The Morgan fingerprint density at radius 1 is 1.46 bits per heavy atom. The SMILES string of the molecule is C=Cc1cc(Cl)cc2c1CCOC2. The second-order valence-electron chi connectivity index (χ2n) is 3.14. The Labute approximate surface area is 83.0 Å². The zero-order valence-electron chi connectivity index (χ0n) is 7.35. The minimum atomic E-state index is 0.677. The zero-order valence-corrected chi connectivity index (χ0v) is 8.10. The Morgan fingerprint density at radius 2 is 2.31 bits per heavy atom. The number of rotatable bonds is 1. The number of hydrogen-bond donors (Lipinski definition) is 0. The highest BCUT2D eigenvalue weighted by Gasteiger charge is 2.12. The third kappa shape index (κ3) is 1.62. The van der Waals surface area contributed by atoms with Crippen molar-refractivity contribution in [2.45, 2.75) is 13.0 Å². The van der Waals surface area contributed by atoms with Crippen LogP contribution in [0.1, 0.15) is 16.7 Å². The molecule has 1 heterocycles. The van der Waals surface area contributed by atoms with E-state index in [2.05, 4.69) is 6.58 Å². The summed E-state index contributed by atoms with van der Waals surface area (Å²) >= 11 is 5.96. The molecule has 1 aliphatic heterocycles. The van der Waals surface area contributed by atoms with Crippen LogP contribution in [-0.4, -0.2) is 6.61 Å². The van der Waals surface area contributed by atoms with Gasteiger partial charge in [0, 0.05) is 5.02 Å². The minimum absolute atomic E-state index is 0.677. The molecule has 0 aliphatic carbocycles. The van der Waals surface area contributed by atoms with Crippen LogP contribution >= 0.6 is 11.6 Å². The van der Waals surface area contributed by atoms with Crippen LogP contribution < -0.4 is 0 Å². The summed E-state index contributed by atoms with van der Waals surface area (Å²) in [4.78, 5) is 0. The fourth-order valence-electron chi connectivity index (χ4n) is 1.69. The van der Waals surface area contributed by atoms with E-state index in [9.17, 15) is 0 Å². The first-order valence-corrected chi connectivity index (χ1v) is 4.70. The van der Waals surface area contributed by atoms with Crippen molar-refractivity contribution >= 4 is 17.7 Å². The molecular formula is C11H11ClO. The van der Waals surface area contributed by atoms with Gasteiger partial charge in [-0.05, 0) is 35.2 Å². The molecule has 1 aliphatic rings. The maximum absolute atomic E-state index is 5.96. The lowest BCUT2D eigenvalue weighted by atomic mass is 9.97. The molecule has 0 bridgehead atoms. The maximum atomic E-state index is 5.96. The van der Waals surface area contributed by atoms with Crippen molar-refractivity contribution in [1.29, 1.82) is 0 Å². The largest absolute Gasteiger partial charge is 0.376 e. The number of benzene rings is 1. The van der Waals surface area contributed by atoms with Gasteiger partial charge in [0.2, 0.25) is 0 Å². The molecule has 1 aromatic rings. The Kier molecular flexibility index (Phi) is 2.38. The van der Waals surface area contributed by atoms with E-state index in [1.807, 2.05) is 18.2 Å². The van der Waals surface area contributed by atoms with Crippen molar-refractivity contribution in [1.82, 2.24) is 0 Å². The van der Waals surface area contributed by atoms with E-state index in [1.54, 1.807) is 0 Å². The van der Waals surface area contributed by atoms with Crippen LogP contribution in [-0.2, 0) is 17.8 Å². The van der Waals surface area contributed by atoms with Gasteiger partial charge in [-0.2, -0.15) is 0 Å². The fraction of sp³-hybridized carbons (Fsp3) is 0.273. The molecule has 0 aromatic heterocycles. The highest BCUT2D eigenvalue weighted by molar-refractivity contribution is 6.30. The first-order chi connectivity index (χ1) is 6.31. The van der Waals surface area contributed by atoms with Crippen molar-refractivity contribution in [2.75, 3.05) is 6.61 Å². The molecule has 2 rings (SSSR count). The van der Waals surface area contributed by atoms with E-state index in [0.29, 0.717) is 6.61 Å². The average molecular weight is 195 g/mol.